The van der Waals surface area contributed by atoms with E-state index in [9.17, 15) is 30.3 Å². The molecule has 0 saturated carbocycles. The van der Waals surface area contributed by atoms with Gasteiger partial charge in [-0.3, -0.25) is 4.79 Å². The molecule has 7 atom stereocenters. The van der Waals surface area contributed by atoms with Crippen LogP contribution in [0.4, 0.5) is 0 Å². The van der Waals surface area contributed by atoms with Gasteiger partial charge >= 0.3 is 0 Å². The Kier molecular flexibility index (Phi) is 59.6. The first-order valence-corrected chi connectivity index (χ1v) is 35.3. The zero-order chi connectivity index (χ0) is 61.4. The number of rotatable bonds is 60. The maximum absolute atomic E-state index is 13.1. The molecule has 0 aromatic rings. The normalized spacial score (nSPS) is 18.9. The van der Waals surface area contributed by atoms with Gasteiger partial charge in [-0.25, -0.2) is 0 Å². The summed E-state index contributed by atoms with van der Waals surface area (Å²) in [7, 11) is 0. The number of allylic oxidation sites excluding steroid dienone is 19. The van der Waals surface area contributed by atoms with Crippen molar-refractivity contribution in [2.24, 2.45) is 0 Å². The summed E-state index contributed by atoms with van der Waals surface area (Å²) in [6.45, 7) is 3.66. The first-order chi connectivity index (χ1) is 41.8. The SMILES string of the molecule is CC/C=C\C/C=C\C/C=C\C/C=C\C/C=C\C/C=C\C/C=C\CCCCCCCCCCCCCCCC(=O)NC(COC1OC(CO)C(O)C(O)C1O)C(O)/C=C/CC/C=C/CC/C=C/CCCCCCCCCCCCCCCCCCC. The van der Waals surface area contributed by atoms with Crippen LogP contribution in [0.1, 0.15) is 296 Å². The summed E-state index contributed by atoms with van der Waals surface area (Å²) in [5.41, 5.74) is 0. The molecule has 1 aliphatic rings. The van der Waals surface area contributed by atoms with Gasteiger partial charge in [0.15, 0.2) is 6.29 Å². The number of amides is 1. The molecule has 6 N–H and O–H groups in total. The Morgan fingerprint density at radius 1 is 0.412 bits per heavy atom. The van der Waals surface area contributed by atoms with Crippen molar-refractivity contribution >= 4 is 5.91 Å². The fourth-order valence-corrected chi connectivity index (χ4v) is 10.5. The molecule has 0 aromatic carbocycles. The number of aliphatic hydroxyl groups excluding tert-OH is 5. The second-order valence-corrected chi connectivity index (χ2v) is 23.9. The summed E-state index contributed by atoms with van der Waals surface area (Å²) in [6.07, 6.45) is 88.7. The number of aliphatic hydroxyl groups is 5. The molecule has 1 saturated heterocycles. The molecule has 1 fully saturated rings. The van der Waals surface area contributed by atoms with Crippen molar-refractivity contribution < 1.29 is 39.8 Å². The Morgan fingerprint density at radius 3 is 1.13 bits per heavy atom. The smallest absolute Gasteiger partial charge is 0.220 e. The first kappa shape index (κ1) is 79.6. The van der Waals surface area contributed by atoms with Gasteiger partial charge in [-0.1, -0.05) is 309 Å². The molecule has 0 aromatic heterocycles. The standard InChI is InChI=1S/C76H131NO8/c1-3-5-7-9-11-13-15-17-19-21-23-25-27-29-31-32-33-34-35-36-37-38-40-42-44-46-48-50-52-54-56-58-60-62-64-66-72(80)77-69(68-84-76-75(83)74(82)73(81)71(67-78)85-76)70(79)65-63-61-59-57-55-53-51-49-47-45-43-41-39-30-28-26-24-22-20-18-16-14-12-10-8-6-4-2/h5,7,11,13,17,19,23,25,29,31,33-34,36-37,47,49,55,57,63,65,69-71,73-76,78-79,81-83H,3-4,6,8-10,12,14-16,18,20-22,24,26-28,30,32,35,38-46,48,50-54,56,58-62,64,66-68H2,1-2H3,(H,77,80)/b7-5-,13-11-,19-17-,25-23-,31-29-,34-33-,37-36-,49-47+,57-55+,65-63+. The largest absolute Gasteiger partial charge is 0.394 e. The molecule has 7 unspecified atom stereocenters. The van der Waals surface area contributed by atoms with E-state index >= 15 is 0 Å². The van der Waals surface area contributed by atoms with Crippen LogP contribution in [0.25, 0.3) is 0 Å². The van der Waals surface area contributed by atoms with Gasteiger partial charge in [0, 0.05) is 6.42 Å². The van der Waals surface area contributed by atoms with Crippen LogP contribution in [0.2, 0.25) is 0 Å². The molecule has 85 heavy (non-hydrogen) atoms. The van der Waals surface area contributed by atoms with Crippen molar-refractivity contribution in [2.75, 3.05) is 13.2 Å². The monoisotopic (exact) mass is 1190 g/mol. The van der Waals surface area contributed by atoms with Gasteiger partial charge in [0.1, 0.15) is 24.4 Å². The Hall–Kier alpha value is -3.41. The summed E-state index contributed by atoms with van der Waals surface area (Å²) in [5.74, 6) is -0.194. The Balaban J connectivity index is 2.17. The van der Waals surface area contributed by atoms with E-state index in [1.54, 1.807) is 6.08 Å². The highest BCUT2D eigenvalue weighted by atomic mass is 16.7. The lowest BCUT2D eigenvalue weighted by atomic mass is 9.99. The Labute approximate surface area is 522 Å². The van der Waals surface area contributed by atoms with Gasteiger partial charge in [0.05, 0.1) is 25.4 Å². The number of carbonyl (C=O) groups is 1. The number of unbranched alkanes of at least 4 members (excludes halogenated alkanes) is 32. The highest BCUT2D eigenvalue weighted by molar-refractivity contribution is 5.76. The van der Waals surface area contributed by atoms with Crippen molar-refractivity contribution in [1.29, 1.82) is 0 Å². The van der Waals surface area contributed by atoms with Crippen molar-refractivity contribution in [3.63, 3.8) is 0 Å². The van der Waals surface area contributed by atoms with E-state index in [2.05, 4.69) is 129 Å². The highest BCUT2D eigenvalue weighted by Crippen LogP contribution is 2.23. The predicted octanol–water partition coefficient (Wildman–Crippen LogP) is 19.4. The van der Waals surface area contributed by atoms with Crippen LogP contribution in [0.5, 0.6) is 0 Å². The third-order valence-electron chi connectivity index (χ3n) is 16.0. The van der Waals surface area contributed by atoms with Crippen molar-refractivity contribution in [3.8, 4) is 0 Å². The van der Waals surface area contributed by atoms with Crippen LogP contribution in [0, 0.1) is 0 Å². The first-order valence-electron chi connectivity index (χ1n) is 35.3. The summed E-state index contributed by atoms with van der Waals surface area (Å²) in [5, 5.41) is 54.7. The molecule has 9 heteroatoms. The zero-order valence-corrected chi connectivity index (χ0v) is 54.6. The van der Waals surface area contributed by atoms with Gasteiger partial charge in [-0.2, -0.15) is 0 Å². The van der Waals surface area contributed by atoms with Gasteiger partial charge in [0.25, 0.3) is 0 Å². The molecule has 1 amide bonds. The van der Waals surface area contributed by atoms with Gasteiger partial charge < -0.3 is 40.3 Å². The topological polar surface area (TPSA) is 149 Å². The summed E-state index contributed by atoms with van der Waals surface area (Å²) >= 11 is 0. The Bertz CT molecular complexity index is 1760. The predicted molar refractivity (Wildman–Crippen MR) is 364 cm³/mol. The fourth-order valence-electron chi connectivity index (χ4n) is 10.5. The number of carbonyl (C=O) groups excluding carboxylic acids is 1. The van der Waals surface area contributed by atoms with E-state index in [4.69, 9.17) is 9.47 Å². The molecule has 488 valence electrons. The lowest BCUT2D eigenvalue weighted by Crippen LogP contribution is -2.60. The van der Waals surface area contributed by atoms with E-state index in [0.29, 0.717) is 6.42 Å². The molecule has 1 rings (SSSR count). The fraction of sp³-hybridized carbons (Fsp3) is 0.724. The van der Waals surface area contributed by atoms with Crippen LogP contribution in [-0.2, 0) is 14.3 Å². The van der Waals surface area contributed by atoms with Crippen molar-refractivity contribution in [1.82, 2.24) is 5.32 Å². The average Bonchev–Trinajstić information content (AvgIpc) is 3.71. The third-order valence-corrected chi connectivity index (χ3v) is 16.0. The van der Waals surface area contributed by atoms with E-state index < -0.39 is 49.5 Å². The van der Waals surface area contributed by atoms with Crippen molar-refractivity contribution in [3.05, 3.63) is 122 Å². The van der Waals surface area contributed by atoms with Gasteiger partial charge in [0.2, 0.25) is 5.91 Å². The van der Waals surface area contributed by atoms with Crippen molar-refractivity contribution in [2.45, 2.75) is 339 Å². The lowest BCUT2D eigenvalue weighted by Gasteiger charge is -2.40. The van der Waals surface area contributed by atoms with E-state index in [1.165, 1.54) is 186 Å². The lowest BCUT2D eigenvalue weighted by molar-refractivity contribution is -0.302. The second kappa shape index (κ2) is 63.6. The average molecular weight is 1190 g/mol. The quantitative estimate of drug-likeness (QED) is 0.0261. The third kappa shape index (κ3) is 52.3. The van der Waals surface area contributed by atoms with Gasteiger partial charge in [-0.05, 0) is 103 Å². The minimum atomic E-state index is -1.58. The molecule has 1 aliphatic heterocycles. The summed E-state index contributed by atoms with van der Waals surface area (Å²) < 4.78 is 11.3. The number of nitrogens with one attached hydrogen (secondary N) is 1. The van der Waals surface area contributed by atoms with Crippen LogP contribution in [0.3, 0.4) is 0 Å². The molecule has 0 aliphatic carbocycles. The van der Waals surface area contributed by atoms with E-state index in [1.807, 2.05) is 6.08 Å². The minimum absolute atomic E-state index is 0.194. The molecular formula is C76H131NO8. The Morgan fingerprint density at radius 2 is 0.741 bits per heavy atom. The molecule has 1 heterocycles. The molecule has 0 radical (unpaired) electrons. The number of hydrogen-bond donors (Lipinski definition) is 6. The van der Waals surface area contributed by atoms with E-state index in [0.717, 1.165) is 89.9 Å². The molecule has 9 nitrogen and oxygen atoms in total. The minimum Gasteiger partial charge on any atom is -0.394 e. The molecular weight excluding hydrogens is 1050 g/mol. The van der Waals surface area contributed by atoms with Crippen LogP contribution in [0.15, 0.2) is 122 Å². The number of hydrogen-bond acceptors (Lipinski definition) is 8. The molecule has 0 spiro atoms. The second-order valence-electron chi connectivity index (χ2n) is 23.9. The maximum Gasteiger partial charge on any atom is 0.220 e. The van der Waals surface area contributed by atoms with Crippen LogP contribution in [-0.4, -0.2) is 87.5 Å². The van der Waals surface area contributed by atoms with Crippen LogP contribution < -0.4 is 5.32 Å². The molecule has 0 bridgehead atoms. The summed E-state index contributed by atoms with van der Waals surface area (Å²) in [6, 6.07) is -0.838. The van der Waals surface area contributed by atoms with Crippen LogP contribution >= 0.6 is 0 Å². The maximum atomic E-state index is 13.1. The zero-order valence-electron chi connectivity index (χ0n) is 54.6. The highest BCUT2D eigenvalue weighted by Gasteiger charge is 2.44. The van der Waals surface area contributed by atoms with Gasteiger partial charge in [-0.15, -0.1) is 0 Å². The van der Waals surface area contributed by atoms with E-state index in [-0.39, 0.29) is 12.5 Å². The summed E-state index contributed by atoms with van der Waals surface area (Å²) in [4.78, 5) is 13.1. The number of ether oxygens (including phenoxy) is 2.